The number of fused-ring (bicyclic) bond motifs is 7. The SMILES string of the molecule is COc1cc(N2CCC3(CC2)OCC(CN2CCC4(CC2)COc2c4ccc4c2CN(C(C=O)CCC=O)C4=O)CO3)ccc1[C@@H]1c2ccc3[nH]ncc3c2C[C@@H](C)N1CC(F)F. The Bertz CT molecular complexity index is 2370. The van der Waals surface area contributed by atoms with E-state index in [0.29, 0.717) is 50.5 Å². The lowest BCUT2D eigenvalue weighted by Crippen LogP contribution is -2.54. The van der Waals surface area contributed by atoms with Gasteiger partial charge in [-0.25, -0.2) is 8.78 Å². The van der Waals surface area contributed by atoms with Gasteiger partial charge in [0.25, 0.3) is 12.3 Å². The Kier molecular flexibility index (Phi) is 11.3. The molecule has 1 amide bonds. The van der Waals surface area contributed by atoms with Gasteiger partial charge in [0, 0.05) is 95.7 Å². The third-order valence-corrected chi connectivity index (χ3v) is 15.0. The highest BCUT2D eigenvalue weighted by atomic mass is 19.3. The number of benzene rings is 3. The molecule has 1 N–H and O–H groups in total. The highest BCUT2D eigenvalue weighted by Gasteiger charge is 2.48. The van der Waals surface area contributed by atoms with E-state index in [0.717, 1.165) is 121 Å². The van der Waals surface area contributed by atoms with Crippen molar-refractivity contribution in [2.24, 2.45) is 5.92 Å². The van der Waals surface area contributed by atoms with Crippen LogP contribution < -0.4 is 14.4 Å². The van der Waals surface area contributed by atoms with Crippen LogP contribution in [0.4, 0.5) is 14.5 Å². The summed E-state index contributed by atoms with van der Waals surface area (Å²) in [6, 6.07) is 13.0. The lowest BCUT2D eigenvalue weighted by molar-refractivity contribution is -0.291. The second kappa shape index (κ2) is 16.9. The normalized spacial score (nSPS) is 23.9. The summed E-state index contributed by atoms with van der Waals surface area (Å²) in [6.07, 6.45) is 5.48. The molecule has 3 fully saturated rings. The summed E-state index contributed by atoms with van der Waals surface area (Å²) in [5.41, 5.74) is 7.47. The summed E-state index contributed by atoms with van der Waals surface area (Å²) in [5, 5.41) is 8.35. The maximum atomic E-state index is 14.1. The third kappa shape index (κ3) is 7.48. The van der Waals surface area contributed by atoms with Gasteiger partial charge in [-0.15, -0.1) is 0 Å². The Morgan fingerprint density at radius 1 is 0.984 bits per heavy atom. The second-order valence-corrected chi connectivity index (χ2v) is 18.5. The minimum absolute atomic E-state index is 0.108. The van der Waals surface area contributed by atoms with Crippen LogP contribution in [0.1, 0.15) is 89.7 Å². The zero-order valence-electron chi connectivity index (χ0n) is 36.0. The molecule has 1 aromatic heterocycles. The molecule has 0 aliphatic carbocycles. The molecule has 3 aromatic carbocycles. The van der Waals surface area contributed by atoms with Crippen LogP contribution in [0.3, 0.4) is 0 Å². The lowest BCUT2D eigenvalue weighted by atomic mass is 9.73. The average molecular weight is 867 g/mol. The predicted molar refractivity (Wildman–Crippen MR) is 231 cm³/mol. The molecule has 63 heavy (non-hydrogen) atoms. The second-order valence-electron chi connectivity index (χ2n) is 18.5. The van der Waals surface area contributed by atoms with Crippen LogP contribution in [-0.4, -0.2) is 134 Å². The molecule has 7 heterocycles. The summed E-state index contributed by atoms with van der Waals surface area (Å²) < 4.78 is 53.7. The van der Waals surface area contributed by atoms with E-state index >= 15 is 0 Å². The molecule has 334 valence electrons. The number of aromatic nitrogens is 2. The quantitative estimate of drug-likeness (QED) is 0.167. The van der Waals surface area contributed by atoms with Gasteiger partial charge in [0.15, 0.2) is 5.79 Å². The summed E-state index contributed by atoms with van der Waals surface area (Å²) >= 11 is 0. The predicted octanol–water partition coefficient (Wildman–Crippen LogP) is 6.06. The van der Waals surface area contributed by atoms with Gasteiger partial charge in [-0.2, -0.15) is 5.10 Å². The lowest BCUT2D eigenvalue weighted by Gasteiger charge is -2.47. The number of anilines is 1. The first kappa shape index (κ1) is 42.0. The highest BCUT2D eigenvalue weighted by Crippen LogP contribution is 2.50. The smallest absolute Gasteiger partial charge is 0.255 e. The number of carbonyl (C=O) groups is 3. The van der Waals surface area contributed by atoms with E-state index in [1.807, 2.05) is 42.3 Å². The zero-order valence-corrected chi connectivity index (χ0v) is 36.0. The fourth-order valence-corrected chi connectivity index (χ4v) is 11.5. The maximum Gasteiger partial charge on any atom is 0.255 e. The summed E-state index contributed by atoms with van der Waals surface area (Å²) in [4.78, 5) is 44.4. The maximum absolute atomic E-state index is 14.1. The van der Waals surface area contributed by atoms with Crippen LogP contribution >= 0.6 is 0 Å². The number of amides is 1. The molecule has 6 aliphatic heterocycles. The van der Waals surface area contributed by atoms with Gasteiger partial charge in [-0.3, -0.25) is 14.8 Å². The number of nitrogens with one attached hydrogen (secondary N) is 1. The summed E-state index contributed by atoms with van der Waals surface area (Å²) in [7, 11) is 1.65. The first-order chi connectivity index (χ1) is 30.6. The van der Waals surface area contributed by atoms with E-state index in [1.165, 1.54) is 0 Å². The molecule has 0 saturated carbocycles. The molecule has 4 aromatic rings. The van der Waals surface area contributed by atoms with Crippen molar-refractivity contribution in [3.05, 3.63) is 82.0 Å². The molecule has 1 unspecified atom stereocenters. The zero-order chi connectivity index (χ0) is 43.5. The molecule has 2 spiro atoms. The van der Waals surface area contributed by atoms with E-state index in [2.05, 4.69) is 38.2 Å². The minimum Gasteiger partial charge on any atom is -0.496 e. The van der Waals surface area contributed by atoms with E-state index < -0.39 is 24.3 Å². The molecule has 0 radical (unpaired) electrons. The summed E-state index contributed by atoms with van der Waals surface area (Å²) in [5.74, 6) is 0.951. The number of ether oxygens (including phenoxy) is 4. The van der Waals surface area contributed by atoms with Gasteiger partial charge >= 0.3 is 0 Å². The van der Waals surface area contributed by atoms with Crippen molar-refractivity contribution in [3.8, 4) is 11.5 Å². The number of halogens is 2. The van der Waals surface area contributed by atoms with Crippen LogP contribution in [-0.2, 0) is 37.4 Å². The molecule has 6 aliphatic rings. The molecule has 3 saturated heterocycles. The van der Waals surface area contributed by atoms with Crippen LogP contribution in [0.2, 0.25) is 0 Å². The first-order valence-corrected chi connectivity index (χ1v) is 22.5. The van der Waals surface area contributed by atoms with Crippen molar-refractivity contribution in [2.45, 2.75) is 94.2 Å². The third-order valence-electron chi connectivity index (χ3n) is 15.0. The Balaban J connectivity index is 0.744. The van der Waals surface area contributed by atoms with Crippen LogP contribution in [0.5, 0.6) is 11.5 Å². The van der Waals surface area contributed by atoms with Crippen molar-refractivity contribution >= 4 is 35.1 Å². The Morgan fingerprint density at radius 3 is 2.49 bits per heavy atom. The van der Waals surface area contributed by atoms with Gasteiger partial charge in [0.1, 0.15) is 24.1 Å². The molecule has 13 nitrogen and oxygen atoms in total. The van der Waals surface area contributed by atoms with Crippen LogP contribution in [0, 0.1) is 5.92 Å². The average Bonchev–Trinajstić information content (AvgIpc) is 4.02. The van der Waals surface area contributed by atoms with E-state index in [-0.39, 0.29) is 36.2 Å². The number of hydrogen-bond donors (Lipinski definition) is 1. The van der Waals surface area contributed by atoms with Gasteiger partial charge in [0.05, 0.1) is 63.8 Å². The van der Waals surface area contributed by atoms with Crippen molar-refractivity contribution in [3.63, 3.8) is 0 Å². The van der Waals surface area contributed by atoms with Gasteiger partial charge < -0.3 is 43.2 Å². The number of rotatable bonds is 12. The van der Waals surface area contributed by atoms with E-state index in [9.17, 15) is 23.2 Å². The fraction of sp³-hybridized carbons (Fsp3) is 0.542. The number of hydrogen-bond acceptors (Lipinski definition) is 11. The van der Waals surface area contributed by atoms with Gasteiger partial charge in [-0.05, 0) is 75.0 Å². The van der Waals surface area contributed by atoms with Crippen LogP contribution in [0.15, 0.2) is 48.7 Å². The number of carbonyl (C=O) groups excluding carboxylic acids is 3. The van der Waals surface area contributed by atoms with Crippen molar-refractivity contribution in [1.82, 2.24) is 24.9 Å². The Labute approximate surface area is 365 Å². The summed E-state index contributed by atoms with van der Waals surface area (Å²) in [6.45, 7) is 8.12. The number of methoxy groups -OCH3 is 1. The van der Waals surface area contributed by atoms with Gasteiger partial charge in [-0.1, -0.05) is 18.2 Å². The largest absolute Gasteiger partial charge is 0.496 e. The molecule has 3 atom stereocenters. The molecule has 10 rings (SSSR count). The Morgan fingerprint density at radius 2 is 1.76 bits per heavy atom. The van der Waals surface area contributed by atoms with Crippen molar-refractivity contribution in [1.29, 1.82) is 0 Å². The highest BCUT2D eigenvalue weighted by molar-refractivity contribution is 6.01. The minimum atomic E-state index is -2.47. The van der Waals surface area contributed by atoms with Gasteiger partial charge in [0.2, 0.25) is 0 Å². The number of aldehydes is 2. The molecular weight excluding hydrogens is 811 g/mol. The monoisotopic (exact) mass is 866 g/mol. The number of likely N-dealkylation sites (tertiary alicyclic amines) is 1. The molecule has 0 bridgehead atoms. The number of alkyl halides is 2. The topological polar surface area (TPSA) is 130 Å². The van der Waals surface area contributed by atoms with E-state index in [4.69, 9.17) is 18.9 Å². The Hall–Kier alpha value is -4.96. The number of aromatic amines is 1. The number of H-pyrrole nitrogens is 1. The van der Waals surface area contributed by atoms with Crippen LogP contribution in [0.25, 0.3) is 10.9 Å². The molecule has 15 heteroatoms. The van der Waals surface area contributed by atoms with Crippen molar-refractivity contribution < 1.29 is 42.1 Å². The number of nitrogens with zero attached hydrogens (tertiary/aromatic N) is 5. The molecular formula is C48H56F2N6O7. The first-order valence-electron chi connectivity index (χ1n) is 22.5. The fourth-order valence-electron chi connectivity index (χ4n) is 11.5. The van der Waals surface area contributed by atoms with Crippen molar-refractivity contribution in [2.75, 3.05) is 71.1 Å². The number of piperidine rings is 2. The van der Waals surface area contributed by atoms with E-state index in [1.54, 1.807) is 12.0 Å². The standard InChI is InChI=1S/C48H56F2N6O7/c1-30-20-37-34(8-10-41-38(37)22-51-52-41)44(55(30)25-43(49)50)36-6-5-32(21-42(36)60-2)54-17-13-48(14-18-54)62-27-31(28-63-48)23-53-15-11-47(12-16-53)29-61-45-39-24-56(33(26-58)4-3-19-57)46(59)35(39)7-9-40(45)47/h5-10,19,21-22,26,30-31,33,43-44H,3-4,11-18,20,23-25,27-29H2,1-2H3,(H,51,52)/t30-,33?,44+/m1/s1.